The van der Waals surface area contributed by atoms with E-state index in [0.717, 1.165) is 13.1 Å². The summed E-state index contributed by atoms with van der Waals surface area (Å²) >= 11 is 3.18. The first-order valence-electron chi connectivity index (χ1n) is 6.88. The number of hydrogen-bond acceptors (Lipinski definition) is 4. The molecule has 0 N–H and O–H groups in total. The van der Waals surface area contributed by atoms with E-state index in [1.165, 1.54) is 6.07 Å². The molecule has 21 heavy (non-hydrogen) atoms. The number of benzene rings is 1. The Balaban J connectivity index is 2.15. The number of nitrogens with zero attached hydrogens (tertiary/aromatic N) is 3. The number of piperazine rings is 1. The van der Waals surface area contributed by atoms with Crippen LogP contribution in [0.1, 0.15) is 24.2 Å². The quantitative estimate of drug-likeness (QED) is 0.617. The zero-order valence-corrected chi connectivity index (χ0v) is 13.7. The molecule has 0 saturated carbocycles. The molecule has 1 fully saturated rings. The van der Waals surface area contributed by atoms with Gasteiger partial charge in [0.1, 0.15) is 4.47 Å². The molecule has 1 heterocycles. The van der Waals surface area contributed by atoms with Gasteiger partial charge in [-0.3, -0.25) is 19.8 Å². The summed E-state index contributed by atoms with van der Waals surface area (Å²) in [4.78, 5) is 27.0. The number of amides is 1. The molecule has 0 spiro atoms. The minimum absolute atomic E-state index is 0.0818. The van der Waals surface area contributed by atoms with Crippen molar-refractivity contribution in [2.45, 2.75) is 19.9 Å². The molecule has 1 aliphatic heterocycles. The van der Waals surface area contributed by atoms with Crippen molar-refractivity contribution in [2.24, 2.45) is 0 Å². The predicted octanol–water partition coefficient (Wildman–Crippen LogP) is 2.52. The van der Waals surface area contributed by atoms with Crippen LogP contribution in [0.25, 0.3) is 0 Å². The second-order valence-electron chi connectivity index (χ2n) is 5.32. The molecule has 0 bridgehead atoms. The van der Waals surface area contributed by atoms with Crippen molar-refractivity contribution in [3.8, 4) is 0 Å². The summed E-state index contributed by atoms with van der Waals surface area (Å²) < 4.78 is 0.256. The molecule has 0 atom stereocenters. The van der Waals surface area contributed by atoms with E-state index in [1.807, 2.05) is 0 Å². The van der Waals surface area contributed by atoms with Crippen molar-refractivity contribution in [1.82, 2.24) is 9.80 Å². The summed E-state index contributed by atoms with van der Waals surface area (Å²) in [6.45, 7) is 7.22. The highest BCUT2D eigenvalue weighted by atomic mass is 79.9. The van der Waals surface area contributed by atoms with Crippen LogP contribution in [0.2, 0.25) is 0 Å². The SMILES string of the molecule is CC(C)N1CCN(C(=O)c2cccc([N+](=O)[O-])c2Br)CC1. The van der Waals surface area contributed by atoms with Gasteiger partial charge in [0.25, 0.3) is 11.6 Å². The Morgan fingerprint density at radius 1 is 1.29 bits per heavy atom. The molecular weight excluding hydrogens is 338 g/mol. The van der Waals surface area contributed by atoms with Gasteiger partial charge in [0.15, 0.2) is 0 Å². The lowest BCUT2D eigenvalue weighted by atomic mass is 10.1. The number of rotatable bonds is 3. The minimum atomic E-state index is -0.489. The fraction of sp³-hybridized carbons (Fsp3) is 0.500. The highest BCUT2D eigenvalue weighted by molar-refractivity contribution is 9.10. The third-order valence-corrected chi connectivity index (χ3v) is 4.57. The number of carbonyl (C=O) groups is 1. The lowest BCUT2D eigenvalue weighted by Gasteiger charge is -2.37. The lowest BCUT2D eigenvalue weighted by Crippen LogP contribution is -2.50. The van der Waals surface area contributed by atoms with Crippen molar-refractivity contribution < 1.29 is 9.72 Å². The number of hydrogen-bond donors (Lipinski definition) is 0. The maximum Gasteiger partial charge on any atom is 0.284 e. The van der Waals surface area contributed by atoms with Gasteiger partial charge in [-0.05, 0) is 35.8 Å². The topological polar surface area (TPSA) is 66.7 Å². The molecule has 1 aliphatic rings. The minimum Gasteiger partial charge on any atom is -0.336 e. The first-order valence-corrected chi connectivity index (χ1v) is 7.67. The summed E-state index contributed by atoms with van der Waals surface area (Å²) in [7, 11) is 0. The molecule has 7 heteroatoms. The van der Waals surface area contributed by atoms with Crippen LogP contribution in [-0.2, 0) is 0 Å². The highest BCUT2D eigenvalue weighted by Crippen LogP contribution is 2.29. The van der Waals surface area contributed by atoms with Gasteiger partial charge in [-0.2, -0.15) is 0 Å². The van der Waals surface area contributed by atoms with E-state index >= 15 is 0 Å². The van der Waals surface area contributed by atoms with Crippen molar-refractivity contribution in [3.63, 3.8) is 0 Å². The molecule has 0 aromatic heterocycles. The zero-order valence-electron chi connectivity index (χ0n) is 12.1. The second kappa shape index (κ2) is 6.53. The third kappa shape index (κ3) is 3.41. The highest BCUT2D eigenvalue weighted by Gasteiger charge is 2.26. The first-order chi connectivity index (χ1) is 9.91. The van der Waals surface area contributed by atoms with Gasteiger partial charge >= 0.3 is 0 Å². The van der Waals surface area contributed by atoms with E-state index in [-0.39, 0.29) is 16.1 Å². The van der Waals surface area contributed by atoms with Crippen molar-refractivity contribution >= 4 is 27.5 Å². The van der Waals surface area contributed by atoms with Gasteiger partial charge in [-0.15, -0.1) is 0 Å². The first kappa shape index (κ1) is 15.9. The molecule has 0 radical (unpaired) electrons. The molecule has 1 saturated heterocycles. The zero-order chi connectivity index (χ0) is 15.6. The van der Waals surface area contributed by atoms with Crippen LogP contribution in [-0.4, -0.2) is 52.9 Å². The number of halogens is 1. The molecule has 2 rings (SSSR count). The molecule has 1 aromatic carbocycles. The van der Waals surface area contributed by atoms with Crippen molar-refractivity contribution in [3.05, 3.63) is 38.3 Å². The Kier molecular flexibility index (Phi) is 4.95. The van der Waals surface area contributed by atoms with Gasteiger partial charge in [-0.25, -0.2) is 0 Å². The van der Waals surface area contributed by atoms with Crippen LogP contribution in [0.15, 0.2) is 22.7 Å². The molecule has 1 aromatic rings. The third-order valence-electron chi connectivity index (χ3n) is 3.74. The molecule has 6 nitrogen and oxygen atoms in total. The molecule has 1 amide bonds. The van der Waals surface area contributed by atoms with Gasteiger partial charge in [0.2, 0.25) is 0 Å². The maximum absolute atomic E-state index is 12.5. The fourth-order valence-corrected chi connectivity index (χ4v) is 3.02. The van der Waals surface area contributed by atoms with Crippen LogP contribution in [0, 0.1) is 10.1 Å². The van der Waals surface area contributed by atoms with Gasteiger partial charge in [0, 0.05) is 38.3 Å². The monoisotopic (exact) mass is 355 g/mol. The Labute approximate surface area is 132 Å². The predicted molar refractivity (Wildman–Crippen MR) is 83.4 cm³/mol. The molecule has 0 aliphatic carbocycles. The van der Waals surface area contributed by atoms with Crippen LogP contribution < -0.4 is 0 Å². The second-order valence-corrected chi connectivity index (χ2v) is 6.11. The molecule has 0 unspecified atom stereocenters. The van der Waals surface area contributed by atoms with E-state index in [0.29, 0.717) is 24.7 Å². The summed E-state index contributed by atoms with van der Waals surface area (Å²) in [6, 6.07) is 5.01. The van der Waals surface area contributed by atoms with Gasteiger partial charge < -0.3 is 4.90 Å². The Bertz CT molecular complexity index is 554. The Hall–Kier alpha value is -1.47. The lowest BCUT2D eigenvalue weighted by molar-refractivity contribution is -0.385. The average molecular weight is 356 g/mol. The Morgan fingerprint density at radius 2 is 1.90 bits per heavy atom. The number of nitro groups is 1. The maximum atomic E-state index is 12.5. The van der Waals surface area contributed by atoms with Crippen LogP contribution in [0.4, 0.5) is 5.69 Å². The smallest absolute Gasteiger partial charge is 0.284 e. The summed E-state index contributed by atoms with van der Waals surface area (Å²) in [5, 5.41) is 10.9. The van der Waals surface area contributed by atoms with Crippen molar-refractivity contribution in [2.75, 3.05) is 26.2 Å². The normalized spacial score (nSPS) is 16.3. The molecular formula is C14H18BrN3O3. The summed E-state index contributed by atoms with van der Waals surface area (Å²) in [5.74, 6) is -0.158. The van der Waals surface area contributed by atoms with E-state index < -0.39 is 4.92 Å². The molecule has 114 valence electrons. The summed E-state index contributed by atoms with van der Waals surface area (Å²) in [5.41, 5.74) is 0.267. The summed E-state index contributed by atoms with van der Waals surface area (Å²) in [6.07, 6.45) is 0. The van der Waals surface area contributed by atoms with Crippen molar-refractivity contribution in [1.29, 1.82) is 0 Å². The Morgan fingerprint density at radius 3 is 2.43 bits per heavy atom. The van der Waals surface area contributed by atoms with E-state index in [1.54, 1.807) is 17.0 Å². The number of carbonyl (C=O) groups excluding carboxylic acids is 1. The van der Waals surface area contributed by atoms with E-state index in [2.05, 4.69) is 34.7 Å². The largest absolute Gasteiger partial charge is 0.336 e. The van der Waals surface area contributed by atoms with Gasteiger partial charge in [0.05, 0.1) is 10.5 Å². The average Bonchev–Trinajstić information content (AvgIpc) is 2.46. The van der Waals surface area contributed by atoms with E-state index in [4.69, 9.17) is 0 Å². The van der Waals surface area contributed by atoms with E-state index in [9.17, 15) is 14.9 Å². The fourth-order valence-electron chi connectivity index (χ4n) is 2.44. The van der Waals surface area contributed by atoms with Crippen LogP contribution in [0.3, 0.4) is 0 Å². The number of nitro benzene ring substituents is 1. The van der Waals surface area contributed by atoms with Crippen LogP contribution >= 0.6 is 15.9 Å². The standard InChI is InChI=1S/C14H18BrN3O3/c1-10(2)16-6-8-17(9-7-16)14(19)11-4-3-5-12(13(11)15)18(20)21/h3-5,10H,6-9H2,1-2H3. The van der Waals surface area contributed by atoms with Gasteiger partial charge in [-0.1, -0.05) is 6.07 Å². The van der Waals surface area contributed by atoms with Crippen LogP contribution in [0.5, 0.6) is 0 Å².